The average Bonchev–Trinajstić information content (AvgIpc) is 1.88. The van der Waals surface area contributed by atoms with Gasteiger partial charge in [-0.2, -0.15) is 0 Å². The van der Waals surface area contributed by atoms with Gasteiger partial charge in [0.25, 0.3) is 0 Å². The van der Waals surface area contributed by atoms with Crippen molar-refractivity contribution in [1.29, 1.82) is 0 Å². The highest BCUT2D eigenvalue weighted by Crippen LogP contribution is 1.89. The Hall–Kier alpha value is -0.703. The molecule has 0 aliphatic carbocycles. The molecule has 3 heteroatoms. The standard InChI is InChI=1S/C7H6F2Si/c8-7(9)10-6-4-2-1-3-5-6/h1-5,7H. The highest BCUT2D eigenvalue weighted by atomic mass is 28.2. The summed E-state index contributed by atoms with van der Waals surface area (Å²) in [5.74, 6) is 0. The Bertz CT molecular complexity index is 186. The van der Waals surface area contributed by atoms with Crippen LogP contribution in [0.5, 0.6) is 0 Å². The molecule has 52 valence electrons. The van der Waals surface area contributed by atoms with E-state index in [4.69, 9.17) is 0 Å². The van der Waals surface area contributed by atoms with Crippen LogP contribution in [0.2, 0.25) is 0 Å². The van der Waals surface area contributed by atoms with E-state index >= 15 is 0 Å². The molecule has 0 nitrogen and oxygen atoms in total. The maximum absolute atomic E-state index is 11.7. The molecule has 1 aromatic rings. The largest absolute Gasteiger partial charge is 0.222 e. The number of rotatable bonds is 2. The second-order valence-electron chi connectivity index (χ2n) is 1.81. The molecule has 0 bridgehead atoms. The van der Waals surface area contributed by atoms with Crippen molar-refractivity contribution in [2.45, 2.75) is 6.05 Å². The fourth-order valence-electron chi connectivity index (χ4n) is 0.660. The number of halogens is 2. The Labute approximate surface area is 60.7 Å². The van der Waals surface area contributed by atoms with Gasteiger partial charge in [-0.3, -0.25) is 0 Å². The first kappa shape index (κ1) is 7.40. The molecular weight excluding hydrogens is 150 g/mol. The summed E-state index contributed by atoms with van der Waals surface area (Å²) in [6.07, 6.45) is 0. The second kappa shape index (κ2) is 3.46. The third-order valence-electron chi connectivity index (χ3n) is 1.05. The first-order valence-corrected chi connectivity index (χ1v) is 3.96. The minimum atomic E-state index is -2.21. The Morgan fingerprint density at radius 2 is 1.70 bits per heavy atom. The number of alkyl halides is 2. The summed E-state index contributed by atoms with van der Waals surface area (Å²) in [5, 5.41) is 0.720. The van der Waals surface area contributed by atoms with E-state index in [9.17, 15) is 8.78 Å². The van der Waals surface area contributed by atoms with Crippen molar-refractivity contribution in [1.82, 2.24) is 0 Å². The van der Waals surface area contributed by atoms with E-state index in [1.807, 2.05) is 6.07 Å². The van der Waals surface area contributed by atoms with Gasteiger partial charge in [-0.1, -0.05) is 35.5 Å². The van der Waals surface area contributed by atoms with Crippen molar-refractivity contribution in [2.24, 2.45) is 0 Å². The summed E-state index contributed by atoms with van der Waals surface area (Å²) >= 11 is 0. The van der Waals surface area contributed by atoms with Gasteiger partial charge in [0.1, 0.15) is 0 Å². The third-order valence-corrected chi connectivity index (χ3v) is 1.93. The summed E-state index contributed by atoms with van der Waals surface area (Å²) < 4.78 is 23.5. The summed E-state index contributed by atoms with van der Waals surface area (Å²) in [7, 11) is -0.372. The van der Waals surface area contributed by atoms with E-state index in [-0.39, 0.29) is 9.52 Å². The van der Waals surface area contributed by atoms with Crippen LogP contribution in [-0.4, -0.2) is 15.6 Å². The van der Waals surface area contributed by atoms with Crippen LogP contribution in [0.15, 0.2) is 30.3 Å². The van der Waals surface area contributed by atoms with Gasteiger partial charge in [-0.05, 0) is 0 Å². The van der Waals surface area contributed by atoms with Gasteiger partial charge in [0.15, 0.2) is 9.52 Å². The molecule has 2 radical (unpaired) electrons. The summed E-state index contributed by atoms with van der Waals surface area (Å²) in [4.78, 5) is 0. The first-order chi connectivity index (χ1) is 4.79. The lowest BCUT2D eigenvalue weighted by molar-refractivity contribution is 0.240. The van der Waals surface area contributed by atoms with Crippen LogP contribution >= 0.6 is 0 Å². The number of benzene rings is 1. The van der Waals surface area contributed by atoms with E-state index < -0.39 is 6.05 Å². The van der Waals surface area contributed by atoms with E-state index in [0.717, 1.165) is 5.19 Å². The molecule has 0 aliphatic rings. The molecule has 10 heavy (non-hydrogen) atoms. The van der Waals surface area contributed by atoms with Gasteiger partial charge in [-0.25, -0.2) is 8.78 Å². The summed E-state index contributed by atoms with van der Waals surface area (Å²) in [5.41, 5.74) is 0. The lowest BCUT2D eigenvalue weighted by Crippen LogP contribution is -2.20. The molecule has 0 saturated heterocycles. The van der Waals surface area contributed by atoms with Crippen LogP contribution in [-0.2, 0) is 0 Å². The predicted molar refractivity (Wildman–Crippen MR) is 37.8 cm³/mol. The van der Waals surface area contributed by atoms with Crippen molar-refractivity contribution in [3.8, 4) is 0 Å². The molecule has 0 aromatic heterocycles. The van der Waals surface area contributed by atoms with Crippen molar-refractivity contribution < 1.29 is 8.78 Å². The molecule has 0 amide bonds. The quantitative estimate of drug-likeness (QED) is 0.565. The van der Waals surface area contributed by atoms with Gasteiger partial charge < -0.3 is 0 Å². The van der Waals surface area contributed by atoms with E-state index in [0.29, 0.717) is 0 Å². The maximum atomic E-state index is 11.7. The third kappa shape index (κ3) is 2.27. The zero-order valence-electron chi connectivity index (χ0n) is 5.22. The second-order valence-corrected chi connectivity index (χ2v) is 3.11. The molecule has 0 N–H and O–H groups in total. The van der Waals surface area contributed by atoms with Crippen LogP contribution in [0.25, 0.3) is 0 Å². The molecule has 0 unspecified atom stereocenters. The zero-order valence-corrected chi connectivity index (χ0v) is 6.22. The number of hydrogen-bond acceptors (Lipinski definition) is 0. The Balaban J connectivity index is 2.59. The SMILES string of the molecule is FC(F)[Si]c1ccccc1. The molecule has 0 heterocycles. The summed E-state index contributed by atoms with van der Waals surface area (Å²) in [6, 6.07) is 6.58. The maximum Gasteiger partial charge on any atom is 0.222 e. The van der Waals surface area contributed by atoms with Gasteiger partial charge in [0.05, 0.1) is 0 Å². The Morgan fingerprint density at radius 3 is 2.20 bits per heavy atom. The molecule has 1 rings (SSSR count). The smallest absolute Gasteiger partial charge is 0.216 e. The topological polar surface area (TPSA) is 0 Å². The lowest BCUT2D eigenvalue weighted by atomic mass is 10.4. The monoisotopic (exact) mass is 156 g/mol. The normalized spacial score (nSPS) is 10.3. The van der Waals surface area contributed by atoms with Crippen molar-refractivity contribution in [2.75, 3.05) is 0 Å². The highest BCUT2D eigenvalue weighted by Gasteiger charge is 2.04. The molecule has 0 saturated carbocycles. The zero-order chi connectivity index (χ0) is 7.40. The van der Waals surface area contributed by atoms with Gasteiger partial charge >= 0.3 is 0 Å². The molecule has 0 aliphatic heterocycles. The van der Waals surface area contributed by atoms with Gasteiger partial charge in [0.2, 0.25) is 6.05 Å². The van der Waals surface area contributed by atoms with Gasteiger partial charge in [-0.15, -0.1) is 0 Å². The van der Waals surface area contributed by atoms with E-state index in [1.54, 1.807) is 24.3 Å². The van der Waals surface area contributed by atoms with Gasteiger partial charge in [0, 0.05) is 0 Å². The minimum absolute atomic E-state index is 0.372. The minimum Gasteiger partial charge on any atom is -0.216 e. The van der Waals surface area contributed by atoms with Crippen LogP contribution in [0.4, 0.5) is 8.78 Å². The average molecular weight is 156 g/mol. The Morgan fingerprint density at radius 1 is 1.10 bits per heavy atom. The highest BCUT2D eigenvalue weighted by molar-refractivity contribution is 6.54. The Kier molecular flexibility index (Phi) is 2.56. The number of hydrogen-bond donors (Lipinski definition) is 0. The van der Waals surface area contributed by atoms with Crippen molar-refractivity contribution in [3.63, 3.8) is 0 Å². The lowest BCUT2D eigenvalue weighted by Gasteiger charge is -1.95. The van der Waals surface area contributed by atoms with Crippen LogP contribution in [0.1, 0.15) is 0 Å². The van der Waals surface area contributed by atoms with E-state index in [1.165, 1.54) is 0 Å². The molecule has 0 fully saturated rings. The molecule has 0 spiro atoms. The van der Waals surface area contributed by atoms with Crippen LogP contribution < -0.4 is 5.19 Å². The molecular formula is C7H6F2Si. The first-order valence-electron chi connectivity index (χ1n) is 2.89. The van der Waals surface area contributed by atoms with Crippen molar-refractivity contribution in [3.05, 3.63) is 30.3 Å². The molecule has 1 aromatic carbocycles. The van der Waals surface area contributed by atoms with E-state index in [2.05, 4.69) is 0 Å². The van der Waals surface area contributed by atoms with Crippen LogP contribution in [0.3, 0.4) is 0 Å². The molecule has 0 atom stereocenters. The fraction of sp³-hybridized carbons (Fsp3) is 0.143. The predicted octanol–water partition coefficient (Wildman–Crippen LogP) is 1.24. The summed E-state index contributed by atoms with van der Waals surface area (Å²) in [6.45, 7) is 0. The van der Waals surface area contributed by atoms with Crippen LogP contribution in [0, 0.1) is 0 Å². The van der Waals surface area contributed by atoms with Crippen molar-refractivity contribution >= 4 is 14.7 Å². The fourth-order valence-corrected chi connectivity index (χ4v) is 1.30.